The van der Waals surface area contributed by atoms with Crippen LogP contribution in [-0.4, -0.2) is 24.1 Å². The third-order valence-electron chi connectivity index (χ3n) is 5.08. The van der Waals surface area contributed by atoms with Crippen LogP contribution in [0.3, 0.4) is 0 Å². The highest BCUT2D eigenvalue weighted by atomic mass is 35.5. The molecule has 0 spiro atoms. The van der Waals surface area contributed by atoms with Gasteiger partial charge >= 0.3 is 0 Å². The lowest BCUT2D eigenvalue weighted by molar-refractivity contribution is 0.481. The Morgan fingerprint density at radius 3 is 2.57 bits per heavy atom. The van der Waals surface area contributed by atoms with Crippen molar-refractivity contribution in [3.05, 3.63) is 35.4 Å². The second kappa shape index (κ2) is 5.59. The lowest BCUT2D eigenvalue weighted by Gasteiger charge is -2.22. The van der Waals surface area contributed by atoms with Gasteiger partial charge in [0.2, 0.25) is 0 Å². The number of hydrogen-bond acceptors (Lipinski definition) is 2. The maximum atomic E-state index is 10.5. The summed E-state index contributed by atoms with van der Waals surface area (Å²) in [5.74, 6) is 0.661. The number of nitrogens with zero attached hydrogens (tertiary/aromatic N) is 1. The largest absolute Gasteiger partial charge is 0.507 e. The number of hydrogen-bond donors (Lipinski definition) is 1. The number of likely N-dealkylation sites (N-methyl/N-ethyl adjacent to an activating group) is 1. The Bertz CT molecular complexity index is 747. The molecular formula is C20H26ClNO. The summed E-state index contributed by atoms with van der Waals surface area (Å²) in [6.07, 6.45) is 0.945. The van der Waals surface area contributed by atoms with Crippen LogP contribution >= 0.6 is 11.6 Å². The van der Waals surface area contributed by atoms with E-state index in [4.69, 9.17) is 11.6 Å². The molecule has 3 heteroatoms. The molecule has 3 rings (SSSR count). The summed E-state index contributed by atoms with van der Waals surface area (Å²) >= 11 is 6.65. The van der Waals surface area contributed by atoms with E-state index in [1.165, 1.54) is 11.1 Å². The van der Waals surface area contributed by atoms with E-state index in [1.807, 2.05) is 6.07 Å². The van der Waals surface area contributed by atoms with Crippen LogP contribution < -0.4 is 4.90 Å². The zero-order chi connectivity index (χ0) is 16.9. The van der Waals surface area contributed by atoms with E-state index < -0.39 is 0 Å². The smallest absolute Gasteiger partial charge is 0.125 e. The van der Waals surface area contributed by atoms with Crippen LogP contribution in [0.25, 0.3) is 10.8 Å². The van der Waals surface area contributed by atoms with Gasteiger partial charge in [-0.25, -0.2) is 0 Å². The summed E-state index contributed by atoms with van der Waals surface area (Å²) in [6.45, 7) is 9.71. The van der Waals surface area contributed by atoms with E-state index in [-0.39, 0.29) is 10.8 Å². The Kier molecular flexibility index (Phi) is 4.00. The van der Waals surface area contributed by atoms with Crippen molar-refractivity contribution in [2.24, 2.45) is 0 Å². The normalized spacial score (nSPS) is 19.2. The van der Waals surface area contributed by atoms with Gasteiger partial charge in [0.05, 0.1) is 0 Å². The summed E-state index contributed by atoms with van der Waals surface area (Å²) in [5.41, 5.74) is 3.78. The SMILES string of the molecule is CCC(Cl)C1CN(C)c2cc(O)c3ccc(C(C)(C)C)cc3c21. The molecule has 2 atom stereocenters. The highest BCUT2D eigenvalue weighted by Crippen LogP contribution is 2.47. The molecule has 0 aromatic heterocycles. The minimum Gasteiger partial charge on any atom is -0.507 e. The fourth-order valence-corrected chi connectivity index (χ4v) is 3.86. The van der Waals surface area contributed by atoms with Crippen molar-refractivity contribution in [1.82, 2.24) is 0 Å². The number of phenolic OH excluding ortho intramolecular Hbond substituents is 1. The van der Waals surface area contributed by atoms with Crippen LogP contribution in [0.4, 0.5) is 5.69 Å². The van der Waals surface area contributed by atoms with E-state index in [1.54, 1.807) is 0 Å². The zero-order valence-electron chi connectivity index (χ0n) is 14.7. The van der Waals surface area contributed by atoms with E-state index >= 15 is 0 Å². The molecule has 0 saturated heterocycles. The van der Waals surface area contributed by atoms with Gasteiger partial charge in [-0.2, -0.15) is 0 Å². The minimum absolute atomic E-state index is 0.0810. The summed E-state index contributed by atoms with van der Waals surface area (Å²) in [4.78, 5) is 2.22. The third-order valence-corrected chi connectivity index (χ3v) is 5.69. The van der Waals surface area contributed by atoms with Crippen LogP contribution in [0.5, 0.6) is 5.75 Å². The predicted molar refractivity (Wildman–Crippen MR) is 100 cm³/mol. The molecular weight excluding hydrogens is 306 g/mol. The molecule has 1 aliphatic rings. The van der Waals surface area contributed by atoms with E-state index in [9.17, 15) is 5.11 Å². The Morgan fingerprint density at radius 2 is 1.96 bits per heavy atom. The molecule has 0 bridgehead atoms. The van der Waals surface area contributed by atoms with Gasteiger partial charge in [-0.05, 0) is 28.3 Å². The highest BCUT2D eigenvalue weighted by Gasteiger charge is 2.34. The first kappa shape index (κ1) is 16.4. The van der Waals surface area contributed by atoms with E-state index in [0.717, 1.165) is 29.4 Å². The van der Waals surface area contributed by atoms with Gasteiger partial charge in [-0.15, -0.1) is 11.6 Å². The number of benzene rings is 2. The average Bonchev–Trinajstić information content (AvgIpc) is 2.82. The van der Waals surface area contributed by atoms with Crippen molar-refractivity contribution in [2.75, 3.05) is 18.5 Å². The van der Waals surface area contributed by atoms with Crippen molar-refractivity contribution in [1.29, 1.82) is 0 Å². The number of aromatic hydroxyl groups is 1. The summed E-state index contributed by atoms with van der Waals surface area (Å²) in [5, 5.41) is 12.7. The summed E-state index contributed by atoms with van der Waals surface area (Å²) in [7, 11) is 2.08. The van der Waals surface area contributed by atoms with E-state index in [0.29, 0.717) is 11.7 Å². The second-order valence-corrected chi connectivity index (χ2v) is 8.31. The number of halogens is 1. The van der Waals surface area contributed by atoms with Crippen LogP contribution in [0.2, 0.25) is 0 Å². The number of alkyl halides is 1. The fourth-order valence-electron chi connectivity index (χ4n) is 3.65. The van der Waals surface area contributed by atoms with Gasteiger partial charge in [-0.1, -0.05) is 45.9 Å². The molecule has 1 N–H and O–H groups in total. The Balaban J connectivity index is 2.31. The topological polar surface area (TPSA) is 23.5 Å². The first-order valence-corrected chi connectivity index (χ1v) is 8.83. The molecule has 2 aromatic carbocycles. The van der Waals surface area contributed by atoms with Crippen molar-refractivity contribution >= 4 is 28.1 Å². The zero-order valence-corrected chi connectivity index (χ0v) is 15.4. The van der Waals surface area contributed by atoms with Crippen LogP contribution in [0, 0.1) is 0 Å². The maximum Gasteiger partial charge on any atom is 0.125 e. The molecule has 0 fully saturated rings. The molecule has 1 heterocycles. The van der Waals surface area contributed by atoms with E-state index in [2.05, 4.69) is 57.8 Å². The molecule has 2 nitrogen and oxygen atoms in total. The standard InChI is InChI=1S/C20H26ClNO/c1-6-16(21)15-11-22(5)17-10-18(23)13-8-7-12(20(2,3)4)9-14(13)19(15)17/h7-10,15-16,23H,6,11H2,1-5H3. The number of rotatable bonds is 2. The van der Waals surface area contributed by atoms with Crippen molar-refractivity contribution in [2.45, 2.75) is 50.8 Å². The van der Waals surface area contributed by atoms with Gasteiger partial charge in [-0.3, -0.25) is 0 Å². The van der Waals surface area contributed by atoms with Crippen molar-refractivity contribution in [3.8, 4) is 5.75 Å². The van der Waals surface area contributed by atoms with Crippen LogP contribution in [0.15, 0.2) is 24.3 Å². The van der Waals surface area contributed by atoms with Gasteiger partial charge in [0.25, 0.3) is 0 Å². The molecule has 1 aliphatic heterocycles. The van der Waals surface area contributed by atoms with Gasteiger partial charge in [0.15, 0.2) is 0 Å². The first-order chi connectivity index (χ1) is 10.7. The minimum atomic E-state index is 0.0810. The predicted octanol–water partition coefficient (Wildman–Crippen LogP) is 5.39. The summed E-state index contributed by atoms with van der Waals surface area (Å²) in [6, 6.07) is 8.32. The Morgan fingerprint density at radius 1 is 1.26 bits per heavy atom. The quantitative estimate of drug-likeness (QED) is 0.745. The number of anilines is 1. The molecule has 0 radical (unpaired) electrons. The highest BCUT2D eigenvalue weighted by molar-refractivity contribution is 6.21. The van der Waals surface area contributed by atoms with Crippen LogP contribution in [-0.2, 0) is 5.41 Å². The fraction of sp³-hybridized carbons (Fsp3) is 0.500. The molecule has 23 heavy (non-hydrogen) atoms. The Labute approximate surface area is 144 Å². The third kappa shape index (κ3) is 2.67. The molecule has 2 unspecified atom stereocenters. The van der Waals surface area contributed by atoms with Gasteiger partial charge < -0.3 is 10.0 Å². The molecule has 0 saturated carbocycles. The van der Waals surface area contributed by atoms with Crippen molar-refractivity contribution < 1.29 is 5.11 Å². The monoisotopic (exact) mass is 331 g/mol. The molecule has 0 amide bonds. The second-order valence-electron chi connectivity index (χ2n) is 7.75. The van der Waals surface area contributed by atoms with Crippen molar-refractivity contribution in [3.63, 3.8) is 0 Å². The number of fused-ring (bicyclic) bond motifs is 3. The number of phenols is 1. The Hall–Kier alpha value is -1.41. The molecule has 0 aliphatic carbocycles. The van der Waals surface area contributed by atoms with Crippen LogP contribution in [0.1, 0.15) is 51.2 Å². The first-order valence-electron chi connectivity index (χ1n) is 8.39. The average molecular weight is 332 g/mol. The summed E-state index contributed by atoms with van der Waals surface area (Å²) < 4.78 is 0. The lowest BCUT2D eigenvalue weighted by Crippen LogP contribution is -2.20. The maximum absolute atomic E-state index is 10.5. The molecule has 124 valence electrons. The lowest BCUT2D eigenvalue weighted by atomic mass is 9.83. The molecule has 2 aromatic rings. The van der Waals surface area contributed by atoms with Gasteiger partial charge in [0.1, 0.15) is 5.75 Å². The van der Waals surface area contributed by atoms with Gasteiger partial charge in [0, 0.05) is 42.0 Å².